The highest BCUT2D eigenvalue weighted by Crippen LogP contribution is 2.51. The molecule has 2 atom stereocenters. The Morgan fingerprint density at radius 3 is 2.64 bits per heavy atom. The number of Topliss-reactive ketones (excluding diaryl/α,β-unsaturated/α-hetero) is 1. The summed E-state index contributed by atoms with van der Waals surface area (Å²) >= 11 is 0. The summed E-state index contributed by atoms with van der Waals surface area (Å²) in [7, 11) is 0. The molecule has 2 unspecified atom stereocenters. The van der Waals surface area contributed by atoms with E-state index in [1.807, 2.05) is 18.3 Å². The SMILES string of the molecule is CC(C)(C)C1CC1C(=O)c1ccc[nH]1. The molecule has 0 bridgehead atoms. The van der Waals surface area contributed by atoms with Gasteiger partial charge in [-0.15, -0.1) is 0 Å². The van der Waals surface area contributed by atoms with Crippen molar-refractivity contribution in [2.45, 2.75) is 27.2 Å². The summed E-state index contributed by atoms with van der Waals surface area (Å²) in [6.45, 7) is 6.62. The van der Waals surface area contributed by atoms with Crippen LogP contribution in [-0.2, 0) is 0 Å². The van der Waals surface area contributed by atoms with Gasteiger partial charge in [0.25, 0.3) is 0 Å². The van der Waals surface area contributed by atoms with Crippen molar-refractivity contribution in [3.05, 3.63) is 24.0 Å². The molecule has 1 heterocycles. The molecule has 0 aromatic carbocycles. The zero-order valence-corrected chi connectivity index (χ0v) is 9.00. The predicted octanol–water partition coefficient (Wildman–Crippen LogP) is 2.88. The van der Waals surface area contributed by atoms with E-state index in [4.69, 9.17) is 0 Å². The topological polar surface area (TPSA) is 32.9 Å². The highest BCUT2D eigenvalue weighted by Gasteiger charge is 2.49. The first kappa shape index (κ1) is 9.50. The van der Waals surface area contributed by atoms with E-state index in [0.717, 1.165) is 12.1 Å². The van der Waals surface area contributed by atoms with Crippen molar-refractivity contribution in [2.24, 2.45) is 17.3 Å². The lowest BCUT2D eigenvalue weighted by molar-refractivity contribution is 0.0944. The van der Waals surface area contributed by atoms with Crippen LogP contribution in [0.1, 0.15) is 37.7 Å². The molecule has 0 amide bonds. The Bertz CT molecular complexity index is 332. The van der Waals surface area contributed by atoms with Gasteiger partial charge < -0.3 is 4.98 Å². The molecule has 14 heavy (non-hydrogen) atoms. The highest BCUT2D eigenvalue weighted by atomic mass is 16.1. The summed E-state index contributed by atoms with van der Waals surface area (Å²) in [5.74, 6) is 1.11. The Kier molecular flexibility index (Phi) is 2.02. The number of hydrogen-bond acceptors (Lipinski definition) is 1. The summed E-state index contributed by atoms with van der Waals surface area (Å²) in [4.78, 5) is 14.9. The maximum absolute atomic E-state index is 11.9. The molecule has 1 aromatic rings. The highest BCUT2D eigenvalue weighted by molar-refractivity contribution is 5.98. The van der Waals surface area contributed by atoms with Crippen LogP contribution in [0.3, 0.4) is 0 Å². The van der Waals surface area contributed by atoms with Crippen LogP contribution in [0.5, 0.6) is 0 Å². The molecule has 76 valence electrons. The number of ketones is 1. The second-order valence-corrected chi connectivity index (χ2v) is 5.26. The van der Waals surface area contributed by atoms with Gasteiger partial charge in [0.05, 0.1) is 5.69 Å². The number of nitrogens with one attached hydrogen (secondary N) is 1. The first-order chi connectivity index (χ1) is 6.50. The van der Waals surface area contributed by atoms with Gasteiger partial charge in [0, 0.05) is 12.1 Å². The molecule has 1 saturated carbocycles. The van der Waals surface area contributed by atoms with Gasteiger partial charge in [0.1, 0.15) is 0 Å². The lowest BCUT2D eigenvalue weighted by Crippen LogP contribution is -2.13. The molecule has 0 saturated heterocycles. The van der Waals surface area contributed by atoms with Crippen LogP contribution in [0.2, 0.25) is 0 Å². The van der Waals surface area contributed by atoms with E-state index in [0.29, 0.717) is 5.92 Å². The Hall–Kier alpha value is -1.05. The van der Waals surface area contributed by atoms with Crippen molar-refractivity contribution in [3.8, 4) is 0 Å². The Balaban J connectivity index is 2.04. The molecule has 1 aromatic heterocycles. The monoisotopic (exact) mass is 191 g/mol. The fraction of sp³-hybridized carbons (Fsp3) is 0.583. The number of rotatable bonds is 2. The first-order valence-corrected chi connectivity index (χ1v) is 5.18. The van der Waals surface area contributed by atoms with Crippen LogP contribution < -0.4 is 0 Å². The smallest absolute Gasteiger partial charge is 0.182 e. The van der Waals surface area contributed by atoms with Gasteiger partial charge in [-0.25, -0.2) is 0 Å². The average Bonchev–Trinajstić information content (AvgIpc) is 2.72. The number of aromatic amines is 1. The van der Waals surface area contributed by atoms with Gasteiger partial charge in [0.2, 0.25) is 0 Å². The van der Waals surface area contributed by atoms with Gasteiger partial charge in [-0.2, -0.15) is 0 Å². The van der Waals surface area contributed by atoms with Crippen molar-refractivity contribution >= 4 is 5.78 Å². The summed E-state index contributed by atoms with van der Waals surface area (Å²) in [5.41, 5.74) is 1.04. The van der Waals surface area contributed by atoms with Gasteiger partial charge in [-0.3, -0.25) is 4.79 Å². The number of carbonyl (C=O) groups excluding carboxylic acids is 1. The third-order valence-corrected chi connectivity index (χ3v) is 3.10. The number of hydrogen-bond donors (Lipinski definition) is 1. The Labute approximate surface area is 84.7 Å². The molecule has 2 nitrogen and oxygen atoms in total. The maximum Gasteiger partial charge on any atom is 0.182 e. The minimum absolute atomic E-state index is 0.258. The van der Waals surface area contributed by atoms with Crippen molar-refractivity contribution in [3.63, 3.8) is 0 Å². The second-order valence-electron chi connectivity index (χ2n) is 5.26. The van der Waals surface area contributed by atoms with Crippen LogP contribution in [0, 0.1) is 17.3 Å². The summed E-state index contributed by atoms with van der Waals surface area (Å²) < 4.78 is 0. The zero-order valence-electron chi connectivity index (χ0n) is 9.00. The maximum atomic E-state index is 11.9. The summed E-state index contributed by atoms with van der Waals surface area (Å²) in [5, 5.41) is 0. The van der Waals surface area contributed by atoms with Gasteiger partial charge in [-0.05, 0) is 29.9 Å². The quantitative estimate of drug-likeness (QED) is 0.716. The van der Waals surface area contributed by atoms with E-state index in [9.17, 15) is 4.79 Å². The largest absolute Gasteiger partial charge is 0.359 e. The zero-order chi connectivity index (χ0) is 10.3. The normalized spacial score (nSPS) is 26.2. The summed E-state index contributed by atoms with van der Waals surface area (Å²) in [6.07, 6.45) is 2.86. The molecule has 0 aliphatic heterocycles. The van der Waals surface area contributed by atoms with Crippen molar-refractivity contribution < 1.29 is 4.79 Å². The third kappa shape index (κ3) is 1.61. The predicted molar refractivity (Wildman–Crippen MR) is 56.2 cm³/mol. The van der Waals surface area contributed by atoms with Crippen molar-refractivity contribution in [1.29, 1.82) is 0 Å². The second kappa shape index (κ2) is 2.97. The van der Waals surface area contributed by atoms with E-state index in [2.05, 4.69) is 25.8 Å². The van der Waals surface area contributed by atoms with E-state index >= 15 is 0 Å². The average molecular weight is 191 g/mol. The van der Waals surface area contributed by atoms with Crippen LogP contribution >= 0.6 is 0 Å². The van der Waals surface area contributed by atoms with Crippen molar-refractivity contribution in [2.75, 3.05) is 0 Å². The molecule has 2 heteroatoms. The van der Waals surface area contributed by atoms with E-state index < -0.39 is 0 Å². The molecule has 1 fully saturated rings. The number of H-pyrrole nitrogens is 1. The van der Waals surface area contributed by atoms with Crippen LogP contribution in [0.25, 0.3) is 0 Å². The molecular weight excluding hydrogens is 174 g/mol. The lowest BCUT2D eigenvalue weighted by Gasteiger charge is -2.17. The first-order valence-electron chi connectivity index (χ1n) is 5.18. The Morgan fingerprint density at radius 1 is 1.50 bits per heavy atom. The molecule has 1 aliphatic carbocycles. The minimum atomic E-state index is 0.258. The molecule has 0 spiro atoms. The van der Waals surface area contributed by atoms with Crippen LogP contribution in [0.4, 0.5) is 0 Å². The lowest BCUT2D eigenvalue weighted by atomic mass is 9.88. The fourth-order valence-electron chi connectivity index (χ4n) is 2.13. The number of aromatic nitrogens is 1. The molecular formula is C12H17NO. The molecule has 0 radical (unpaired) electrons. The molecule has 1 aliphatic rings. The van der Waals surface area contributed by atoms with E-state index in [-0.39, 0.29) is 17.1 Å². The fourth-order valence-corrected chi connectivity index (χ4v) is 2.13. The standard InChI is InChI=1S/C12H17NO/c1-12(2,3)9-7-8(9)11(14)10-5-4-6-13-10/h4-6,8-9,13H,7H2,1-3H3. The van der Waals surface area contributed by atoms with Gasteiger partial charge in [-0.1, -0.05) is 20.8 Å². The number of carbonyl (C=O) groups is 1. The Morgan fingerprint density at radius 2 is 2.21 bits per heavy atom. The van der Waals surface area contributed by atoms with Gasteiger partial charge in [0.15, 0.2) is 5.78 Å². The van der Waals surface area contributed by atoms with E-state index in [1.165, 1.54) is 0 Å². The molecule has 1 N–H and O–H groups in total. The third-order valence-electron chi connectivity index (χ3n) is 3.10. The van der Waals surface area contributed by atoms with Crippen LogP contribution in [-0.4, -0.2) is 10.8 Å². The molecule has 2 rings (SSSR count). The van der Waals surface area contributed by atoms with Crippen molar-refractivity contribution in [1.82, 2.24) is 4.98 Å². The van der Waals surface area contributed by atoms with E-state index in [1.54, 1.807) is 0 Å². The summed E-state index contributed by atoms with van der Waals surface area (Å²) in [6, 6.07) is 3.74. The van der Waals surface area contributed by atoms with Gasteiger partial charge >= 0.3 is 0 Å². The minimum Gasteiger partial charge on any atom is -0.359 e. The van der Waals surface area contributed by atoms with Crippen LogP contribution in [0.15, 0.2) is 18.3 Å².